The summed E-state index contributed by atoms with van der Waals surface area (Å²) in [5.74, 6) is 3.15. The highest BCUT2D eigenvalue weighted by molar-refractivity contribution is 7.88. The van der Waals surface area contributed by atoms with E-state index in [9.17, 15) is 8.42 Å². The number of sulfonamides is 1. The Labute approximate surface area is 132 Å². The first-order valence-electron chi connectivity index (χ1n) is 7.32. The average Bonchev–Trinajstić information content (AvgIpc) is 2.87. The number of hydrogen-bond acceptors (Lipinski definition) is 5. The maximum absolute atomic E-state index is 12.5. The van der Waals surface area contributed by atoms with Crippen LogP contribution in [-0.4, -0.2) is 55.5 Å². The molecule has 1 aliphatic rings. The molecule has 0 aromatic carbocycles. The maximum Gasteiger partial charge on any atom is 0.220 e. The summed E-state index contributed by atoms with van der Waals surface area (Å²) >= 11 is 0. The molecule has 1 aliphatic heterocycles. The molecule has 0 aliphatic carbocycles. The molecular weight excluding hydrogens is 302 g/mol. The SMILES string of the molecule is C#CCN1CCN(S(=O)(=O)Cc2cc(C(C)(C)C)on2)CC1. The van der Waals surface area contributed by atoms with Crippen molar-refractivity contribution in [3.63, 3.8) is 0 Å². The van der Waals surface area contributed by atoms with Gasteiger partial charge in [-0.05, 0) is 0 Å². The zero-order valence-electron chi connectivity index (χ0n) is 13.4. The molecule has 1 saturated heterocycles. The summed E-state index contributed by atoms with van der Waals surface area (Å²) < 4.78 is 31.7. The van der Waals surface area contributed by atoms with Gasteiger partial charge < -0.3 is 4.52 Å². The molecule has 0 unspecified atom stereocenters. The molecule has 122 valence electrons. The largest absolute Gasteiger partial charge is 0.361 e. The molecule has 7 heteroatoms. The topological polar surface area (TPSA) is 66.7 Å². The fraction of sp³-hybridized carbons (Fsp3) is 0.667. The van der Waals surface area contributed by atoms with Gasteiger partial charge in [-0.15, -0.1) is 6.42 Å². The third kappa shape index (κ3) is 4.09. The van der Waals surface area contributed by atoms with Gasteiger partial charge in [0.2, 0.25) is 10.0 Å². The lowest BCUT2D eigenvalue weighted by Crippen LogP contribution is -2.48. The summed E-state index contributed by atoms with van der Waals surface area (Å²) in [5, 5.41) is 3.89. The predicted octanol–water partition coefficient (Wildman–Crippen LogP) is 1.05. The van der Waals surface area contributed by atoms with Gasteiger partial charge in [-0.1, -0.05) is 31.8 Å². The first kappa shape index (κ1) is 17.0. The number of aromatic nitrogens is 1. The number of hydrogen-bond donors (Lipinski definition) is 0. The van der Waals surface area contributed by atoms with E-state index >= 15 is 0 Å². The summed E-state index contributed by atoms with van der Waals surface area (Å²) in [6, 6.07) is 1.73. The minimum atomic E-state index is -3.37. The Bertz CT molecular complexity index is 644. The smallest absolute Gasteiger partial charge is 0.220 e. The van der Waals surface area contributed by atoms with Crippen LogP contribution in [-0.2, 0) is 21.2 Å². The van der Waals surface area contributed by atoms with Crippen molar-refractivity contribution in [1.82, 2.24) is 14.4 Å². The summed E-state index contributed by atoms with van der Waals surface area (Å²) in [6.07, 6.45) is 5.28. The average molecular weight is 325 g/mol. The quantitative estimate of drug-likeness (QED) is 0.774. The number of terminal acetylenes is 1. The molecule has 1 fully saturated rings. The van der Waals surface area contributed by atoms with Gasteiger partial charge >= 0.3 is 0 Å². The Hall–Kier alpha value is -1.36. The third-order valence-corrected chi connectivity index (χ3v) is 5.48. The summed E-state index contributed by atoms with van der Waals surface area (Å²) in [5.41, 5.74) is 0.270. The van der Waals surface area contributed by atoms with E-state index in [2.05, 4.69) is 16.0 Å². The minimum Gasteiger partial charge on any atom is -0.361 e. The second-order valence-corrected chi connectivity index (χ2v) is 8.54. The fourth-order valence-electron chi connectivity index (χ4n) is 2.31. The van der Waals surface area contributed by atoms with Crippen LogP contribution < -0.4 is 0 Å². The first-order valence-corrected chi connectivity index (χ1v) is 8.93. The van der Waals surface area contributed by atoms with Crippen LogP contribution in [0.5, 0.6) is 0 Å². The predicted molar refractivity (Wildman–Crippen MR) is 84.7 cm³/mol. The lowest BCUT2D eigenvalue weighted by Gasteiger charge is -2.32. The second-order valence-electron chi connectivity index (χ2n) is 6.57. The molecule has 0 N–H and O–H groups in total. The molecule has 0 spiro atoms. The van der Waals surface area contributed by atoms with Gasteiger partial charge in [-0.2, -0.15) is 4.31 Å². The van der Waals surface area contributed by atoms with Crippen molar-refractivity contribution < 1.29 is 12.9 Å². The Morgan fingerprint density at radius 1 is 1.32 bits per heavy atom. The molecule has 0 atom stereocenters. The van der Waals surface area contributed by atoms with Crippen LogP contribution in [0.25, 0.3) is 0 Å². The van der Waals surface area contributed by atoms with Gasteiger partial charge in [0.15, 0.2) is 0 Å². The van der Waals surface area contributed by atoms with Gasteiger partial charge in [0.05, 0.1) is 6.54 Å². The Morgan fingerprint density at radius 2 is 1.95 bits per heavy atom. The number of rotatable bonds is 4. The molecule has 1 aromatic heterocycles. The zero-order valence-corrected chi connectivity index (χ0v) is 14.2. The highest BCUT2D eigenvalue weighted by Gasteiger charge is 2.29. The Morgan fingerprint density at radius 3 is 2.45 bits per heavy atom. The summed E-state index contributed by atoms with van der Waals surface area (Å²) in [4.78, 5) is 2.07. The van der Waals surface area contributed by atoms with Crippen molar-refractivity contribution in [1.29, 1.82) is 0 Å². The lowest BCUT2D eigenvalue weighted by molar-refractivity contribution is 0.207. The first-order chi connectivity index (χ1) is 10.2. The maximum atomic E-state index is 12.5. The van der Waals surface area contributed by atoms with Gasteiger partial charge in [0.25, 0.3) is 0 Å². The van der Waals surface area contributed by atoms with E-state index in [0.29, 0.717) is 44.2 Å². The molecular formula is C15H23N3O3S. The third-order valence-electron chi connectivity index (χ3n) is 3.67. The molecule has 1 aromatic rings. The van der Waals surface area contributed by atoms with Crippen molar-refractivity contribution in [2.75, 3.05) is 32.7 Å². The Kier molecular flexibility index (Phi) is 4.95. The molecule has 0 saturated carbocycles. The van der Waals surface area contributed by atoms with Crippen LogP contribution in [0, 0.1) is 12.3 Å². The van der Waals surface area contributed by atoms with Crippen LogP contribution in [0.2, 0.25) is 0 Å². The number of nitrogens with zero attached hydrogens (tertiary/aromatic N) is 3. The van der Waals surface area contributed by atoms with Crippen LogP contribution in [0.3, 0.4) is 0 Å². The van der Waals surface area contributed by atoms with Gasteiger partial charge in [-0.25, -0.2) is 8.42 Å². The monoisotopic (exact) mass is 325 g/mol. The van der Waals surface area contributed by atoms with E-state index in [1.165, 1.54) is 4.31 Å². The van der Waals surface area contributed by atoms with E-state index < -0.39 is 10.0 Å². The molecule has 6 nitrogen and oxygen atoms in total. The molecule has 0 bridgehead atoms. The van der Waals surface area contributed by atoms with Crippen LogP contribution in [0.1, 0.15) is 32.2 Å². The van der Waals surface area contributed by atoms with Crippen molar-refractivity contribution in [3.05, 3.63) is 17.5 Å². The van der Waals surface area contributed by atoms with E-state index in [4.69, 9.17) is 10.9 Å². The van der Waals surface area contributed by atoms with Gasteiger partial charge in [-0.3, -0.25) is 4.90 Å². The molecule has 22 heavy (non-hydrogen) atoms. The minimum absolute atomic E-state index is 0.123. The fourth-order valence-corrected chi connectivity index (χ4v) is 3.72. The lowest BCUT2D eigenvalue weighted by atomic mass is 9.93. The zero-order chi connectivity index (χ0) is 16.4. The van der Waals surface area contributed by atoms with E-state index in [1.807, 2.05) is 20.8 Å². The van der Waals surface area contributed by atoms with Gasteiger partial charge in [0.1, 0.15) is 17.2 Å². The van der Waals surface area contributed by atoms with Crippen molar-refractivity contribution in [2.45, 2.75) is 31.9 Å². The van der Waals surface area contributed by atoms with Gasteiger partial charge in [0, 0.05) is 37.7 Å². The standard InChI is InChI=1S/C15H23N3O3S/c1-5-6-17-7-9-18(10-8-17)22(19,20)12-13-11-14(21-16-13)15(2,3)4/h1,11H,6-10,12H2,2-4H3. The summed E-state index contributed by atoms with van der Waals surface area (Å²) in [6.45, 7) is 8.81. The highest BCUT2D eigenvalue weighted by Crippen LogP contribution is 2.23. The van der Waals surface area contributed by atoms with Crippen LogP contribution in [0.15, 0.2) is 10.6 Å². The van der Waals surface area contributed by atoms with Crippen molar-refractivity contribution >= 4 is 10.0 Å². The Balaban J connectivity index is 2.00. The summed E-state index contributed by atoms with van der Waals surface area (Å²) in [7, 11) is -3.37. The molecule has 2 rings (SSSR count). The van der Waals surface area contributed by atoms with E-state index in [1.54, 1.807) is 6.07 Å². The highest BCUT2D eigenvalue weighted by atomic mass is 32.2. The van der Waals surface area contributed by atoms with E-state index in [-0.39, 0.29) is 11.2 Å². The molecule has 0 radical (unpaired) electrons. The van der Waals surface area contributed by atoms with Crippen molar-refractivity contribution in [2.24, 2.45) is 0 Å². The van der Waals surface area contributed by atoms with Crippen LogP contribution >= 0.6 is 0 Å². The second kappa shape index (κ2) is 6.41. The van der Waals surface area contributed by atoms with E-state index in [0.717, 1.165) is 0 Å². The molecule has 0 amide bonds. The van der Waals surface area contributed by atoms with Crippen molar-refractivity contribution in [3.8, 4) is 12.3 Å². The number of piperazine rings is 1. The van der Waals surface area contributed by atoms with Crippen LogP contribution in [0.4, 0.5) is 0 Å². The normalized spacial score (nSPS) is 18.3. The molecule has 2 heterocycles.